The van der Waals surface area contributed by atoms with Gasteiger partial charge in [-0.05, 0) is 27.7 Å². The number of esters is 3. The number of carbonyl (C=O) groups is 3. The highest BCUT2D eigenvalue weighted by atomic mass is 16.6. The Morgan fingerprint density at radius 2 is 0.862 bits per heavy atom. The molecule has 0 unspecified atom stereocenters. The van der Waals surface area contributed by atoms with E-state index in [1.165, 1.54) is 18.2 Å². The minimum absolute atomic E-state index is 0.0935. The quantitative estimate of drug-likeness (QED) is 0.212. The van der Waals surface area contributed by atoms with E-state index in [4.69, 9.17) is 14.2 Å². The Bertz CT molecular complexity index is 599. The fourth-order valence-corrected chi connectivity index (χ4v) is 1.74. The van der Waals surface area contributed by atoms with Crippen LogP contribution in [0.5, 0.6) is 0 Å². The van der Waals surface area contributed by atoms with E-state index in [1.54, 1.807) is 61.6 Å². The van der Waals surface area contributed by atoms with Gasteiger partial charge in [0.15, 0.2) is 0 Å². The average Bonchev–Trinajstić information content (AvgIpc) is 2.70. The molecule has 0 N–H and O–H groups in total. The summed E-state index contributed by atoms with van der Waals surface area (Å²) in [6.45, 7) is 6.89. The summed E-state index contributed by atoms with van der Waals surface area (Å²) in [4.78, 5) is 35.4. The van der Waals surface area contributed by atoms with Crippen molar-refractivity contribution < 1.29 is 28.6 Å². The zero-order chi connectivity index (χ0) is 22.0. The van der Waals surface area contributed by atoms with Crippen molar-refractivity contribution in [2.24, 2.45) is 5.41 Å². The number of hydrogen-bond acceptors (Lipinski definition) is 6. The maximum atomic E-state index is 11.8. The van der Waals surface area contributed by atoms with E-state index in [-0.39, 0.29) is 19.8 Å². The first-order valence-electron chi connectivity index (χ1n) is 9.25. The Labute approximate surface area is 172 Å². The van der Waals surface area contributed by atoms with Crippen molar-refractivity contribution in [3.63, 3.8) is 0 Å². The van der Waals surface area contributed by atoms with Crippen LogP contribution in [0, 0.1) is 5.41 Å². The Morgan fingerprint density at radius 1 is 0.586 bits per heavy atom. The molecule has 6 nitrogen and oxygen atoms in total. The van der Waals surface area contributed by atoms with E-state index in [0.717, 1.165) is 0 Å². The summed E-state index contributed by atoms with van der Waals surface area (Å²) in [6, 6.07) is 0. The Morgan fingerprint density at radius 3 is 1.10 bits per heavy atom. The van der Waals surface area contributed by atoms with Gasteiger partial charge in [0.1, 0.15) is 19.8 Å². The second-order valence-electron chi connectivity index (χ2n) is 6.29. The number of carbonyl (C=O) groups excluding carboxylic acids is 3. The van der Waals surface area contributed by atoms with Gasteiger partial charge in [0.25, 0.3) is 0 Å². The van der Waals surface area contributed by atoms with Gasteiger partial charge in [0.05, 0.1) is 5.41 Å². The van der Waals surface area contributed by atoms with Crippen molar-refractivity contribution >= 4 is 17.9 Å². The van der Waals surface area contributed by atoms with E-state index in [1.807, 2.05) is 20.8 Å². The van der Waals surface area contributed by atoms with Gasteiger partial charge in [-0.1, -0.05) is 54.7 Å². The number of hydrogen-bond donors (Lipinski definition) is 0. The minimum Gasteiger partial charge on any atom is -0.462 e. The van der Waals surface area contributed by atoms with Crippen LogP contribution in [0.15, 0.2) is 72.9 Å². The van der Waals surface area contributed by atoms with Crippen molar-refractivity contribution in [3.8, 4) is 0 Å². The van der Waals surface area contributed by atoms with Gasteiger partial charge in [-0.15, -0.1) is 0 Å². The summed E-state index contributed by atoms with van der Waals surface area (Å²) in [5.74, 6) is -1.64. The number of allylic oxidation sites excluding steroid dienone is 9. The van der Waals surface area contributed by atoms with E-state index in [9.17, 15) is 14.4 Å². The van der Waals surface area contributed by atoms with Gasteiger partial charge in [-0.25, -0.2) is 14.4 Å². The monoisotopic (exact) mass is 402 g/mol. The lowest BCUT2D eigenvalue weighted by Crippen LogP contribution is -2.36. The Balaban J connectivity index is 4.97. The van der Waals surface area contributed by atoms with Crippen molar-refractivity contribution in [1.29, 1.82) is 0 Å². The van der Waals surface area contributed by atoms with Gasteiger partial charge in [0.2, 0.25) is 0 Å². The van der Waals surface area contributed by atoms with Gasteiger partial charge < -0.3 is 14.2 Å². The molecule has 0 aromatic carbocycles. The van der Waals surface area contributed by atoms with Crippen LogP contribution in [-0.2, 0) is 28.6 Å². The van der Waals surface area contributed by atoms with Crippen LogP contribution in [0.3, 0.4) is 0 Å². The molecule has 0 bridgehead atoms. The van der Waals surface area contributed by atoms with Crippen LogP contribution in [0.1, 0.15) is 27.7 Å². The van der Waals surface area contributed by atoms with E-state index < -0.39 is 23.3 Å². The molecular formula is C23H30O6. The maximum absolute atomic E-state index is 11.8. The molecule has 0 aromatic rings. The molecular weight excluding hydrogens is 372 g/mol. The predicted molar refractivity (Wildman–Crippen MR) is 113 cm³/mol. The third-order valence-electron chi connectivity index (χ3n) is 3.30. The molecule has 158 valence electrons. The molecule has 0 radical (unpaired) electrons. The van der Waals surface area contributed by atoms with E-state index in [2.05, 4.69) is 0 Å². The Kier molecular flexibility index (Phi) is 14.1. The van der Waals surface area contributed by atoms with Gasteiger partial charge in [-0.2, -0.15) is 0 Å². The molecule has 0 rings (SSSR count). The third-order valence-corrected chi connectivity index (χ3v) is 3.30. The van der Waals surface area contributed by atoms with Crippen LogP contribution in [0.4, 0.5) is 0 Å². The van der Waals surface area contributed by atoms with Gasteiger partial charge in [0, 0.05) is 18.2 Å². The first kappa shape index (κ1) is 25.9. The molecule has 0 aliphatic carbocycles. The highest BCUT2D eigenvalue weighted by Crippen LogP contribution is 2.19. The predicted octanol–water partition coefficient (Wildman–Crippen LogP) is 4.02. The highest BCUT2D eigenvalue weighted by molar-refractivity contribution is 5.83. The maximum Gasteiger partial charge on any atom is 0.330 e. The number of rotatable bonds is 12. The van der Waals surface area contributed by atoms with Crippen LogP contribution in [-0.4, -0.2) is 37.7 Å². The summed E-state index contributed by atoms with van der Waals surface area (Å²) in [5.41, 5.74) is -0.904. The fraction of sp³-hybridized carbons (Fsp3) is 0.348. The molecule has 0 aromatic heterocycles. The summed E-state index contributed by atoms with van der Waals surface area (Å²) in [5, 5.41) is 0. The van der Waals surface area contributed by atoms with Crippen LogP contribution in [0.25, 0.3) is 0 Å². The van der Waals surface area contributed by atoms with Crippen LogP contribution in [0.2, 0.25) is 0 Å². The third kappa shape index (κ3) is 14.6. The summed E-state index contributed by atoms with van der Waals surface area (Å²) >= 11 is 0. The molecule has 0 atom stereocenters. The topological polar surface area (TPSA) is 78.9 Å². The van der Waals surface area contributed by atoms with Gasteiger partial charge >= 0.3 is 17.9 Å². The summed E-state index contributed by atoms with van der Waals surface area (Å²) in [6.07, 6.45) is 18.9. The molecule has 0 aliphatic heterocycles. The average molecular weight is 402 g/mol. The second-order valence-corrected chi connectivity index (χ2v) is 6.29. The zero-order valence-corrected chi connectivity index (χ0v) is 17.5. The molecule has 0 aliphatic rings. The lowest BCUT2D eigenvalue weighted by molar-refractivity contribution is -0.154. The standard InChI is InChI=1S/C23H30O6/c1-5-8-11-14-20(24)27-17-23(4,18-28-21(25)15-12-9-6-2)19-29-22(26)16-13-10-7-3/h5-16H,17-19H2,1-4H3. The molecule has 6 heteroatoms. The summed E-state index contributed by atoms with van der Waals surface area (Å²) in [7, 11) is 0. The largest absolute Gasteiger partial charge is 0.462 e. The minimum atomic E-state index is -0.904. The van der Waals surface area contributed by atoms with Crippen molar-refractivity contribution in [3.05, 3.63) is 72.9 Å². The lowest BCUT2D eigenvalue weighted by Gasteiger charge is -2.27. The first-order valence-corrected chi connectivity index (χ1v) is 9.25. The van der Waals surface area contributed by atoms with E-state index >= 15 is 0 Å². The molecule has 0 saturated carbocycles. The summed E-state index contributed by atoms with van der Waals surface area (Å²) < 4.78 is 15.6. The second kappa shape index (κ2) is 15.9. The molecule has 0 saturated heterocycles. The molecule has 0 amide bonds. The SMILES string of the molecule is CC=CC=CC(=O)OCC(C)(COC(=O)C=CC=CC)COC(=O)C=CC=CC. The zero-order valence-electron chi connectivity index (χ0n) is 17.5. The highest BCUT2D eigenvalue weighted by Gasteiger charge is 2.30. The smallest absolute Gasteiger partial charge is 0.330 e. The fourth-order valence-electron chi connectivity index (χ4n) is 1.74. The van der Waals surface area contributed by atoms with E-state index in [0.29, 0.717) is 0 Å². The van der Waals surface area contributed by atoms with Crippen LogP contribution < -0.4 is 0 Å². The van der Waals surface area contributed by atoms with Crippen molar-refractivity contribution in [2.75, 3.05) is 19.8 Å². The van der Waals surface area contributed by atoms with Crippen molar-refractivity contribution in [2.45, 2.75) is 27.7 Å². The molecule has 0 heterocycles. The molecule has 29 heavy (non-hydrogen) atoms. The number of ether oxygens (including phenoxy) is 3. The van der Waals surface area contributed by atoms with Crippen LogP contribution >= 0.6 is 0 Å². The molecule has 0 spiro atoms. The lowest BCUT2D eigenvalue weighted by atomic mass is 9.94. The van der Waals surface area contributed by atoms with Gasteiger partial charge in [-0.3, -0.25) is 0 Å². The molecule has 0 fully saturated rings. The Hall–Kier alpha value is -3.15. The normalized spacial score (nSPS) is 14.5. The first-order chi connectivity index (χ1) is 13.9. The van der Waals surface area contributed by atoms with Crippen molar-refractivity contribution in [1.82, 2.24) is 0 Å².